The summed E-state index contributed by atoms with van der Waals surface area (Å²) in [6, 6.07) is 0. The molecule has 138 valence electrons. The van der Waals surface area contributed by atoms with Crippen LogP contribution in [0.15, 0.2) is 6.20 Å². The van der Waals surface area contributed by atoms with Crippen molar-refractivity contribution in [1.82, 2.24) is 20.8 Å². The Morgan fingerprint density at radius 2 is 1.88 bits per heavy atom. The molecule has 0 saturated heterocycles. The number of carbonyl (C=O) groups is 2. The van der Waals surface area contributed by atoms with E-state index in [1.54, 1.807) is 0 Å². The molecule has 7 nitrogen and oxygen atoms in total. The summed E-state index contributed by atoms with van der Waals surface area (Å²) < 4.78 is 5.14. The highest BCUT2D eigenvalue weighted by Crippen LogP contribution is 2.22. The van der Waals surface area contributed by atoms with Crippen molar-refractivity contribution in [3.8, 4) is 0 Å². The van der Waals surface area contributed by atoms with Crippen LogP contribution < -0.4 is 10.6 Å². The van der Waals surface area contributed by atoms with Crippen LogP contribution in [0.25, 0.3) is 0 Å². The lowest BCUT2D eigenvalue weighted by molar-refractivity contribution is -0.120. The lowest BCUT2D eigenvalue weighted by atomic mass is 9.91. The second-order valence-corrected chi connectivity index (χ2v) is 7.31. The van der Waals surface area contributed by atoms with Gasteiger partial charge in [-0.15, -0.1) is 0 Å². The summed E-state index contributed by atoms with van der Waals surface area (Å²) in [5, 5.41) is 13.7. The molecule has 0 saturated carbocycles. The van der Waals surface area contributed by atoms with Crippen LogP contribution in [0, 0.1) is 0 Å². The van der Waals surface area contributed by atoms with E-state index in [0.717, 1.165) is 25.0 Å². The van der Waals surface area contributed by atoms with Gasteiger partial charge in [0.1, 0.15) is 5.60 Å². The number of carbonyl (C=O) groups excluding carboxylic acids is 2. The molecule has 25 heavy (non-hydrogen) atoms. The van der Waals surface area contributed by atoms with Crippen molar-refractivity contribution in [2.24, 2.45) is 0 Å². The van der Waals surface area contributed by atoms with Crippen LogP contribution in [-0.2, 0) is 28.8 Å². The van der Waals surface area contributed by atoms with E-state index < -0.39 is 11.7 Å². The fourth-order valence-electron chi connectivity index (χ4n) is 2.81. The molecule has 0 bridgehead atoms. The Morgan fingerprint density at radius 3 is 2.64 bits per heavy atom. The summed E-state index contributed by atoms with van der Waals surface area (Å²) in [5.74, 6) is -0.0643. The lowest BCUT2D eigenvalue weighted by Crippen LogP contribution is -2.34. The summed E-state index contributed by atoms with van der Waals surface area (Å²) in [7, 11) is 0. The maximum Gasteiger partial charge on any atom is 0.407 e. The fourth-order valence-corrected chi connectivity index (χ4v) is 2.81. The molecule has 0 unspecified atom stereocenters. The van der Waals surface area contributed by atoms with Gasteiger partial charge in [0.25, 0.3) is 0 Å². The number of aromatic nitrogens is 2. The fraction of sp³-hybridized carbons (Fsp3) is 0.667. The predicted molar refractivity (Wildman–Crippen MR) is 94.2 cm³/mol. The van der Waals surface area contributed by atoms with Crippen molar-refractivity contribution in [3.63, 3.8) is 0 Å². The number of ether oxygens (including phenoxy) is 1. The third-order valence-electron chi connectivity index (χ3n) is 3.92. The second kappa shape index (κ2) is 8.78. The molecule has 0 atom stereocenters. The van der Waals surface area contributed by atoms with Crippen molar-refractivity contribution in [2.75, 3.05) is 13.1 Å². The molecule has 2 amide bonds. The van der Waals surface area contributed by atoms with E-state index in [0.29, 0.717) is 19.5 Å². The van der Waals surface area contributed by atoms with Gasteiger partial charge >= 0.3 is 6.09 Å². The highest BCUT2D eigenvalue weighted by atomic mass is 16.6. The second-order valence-electron chi connectivity index (χ2n) is 7.31. The van der Waals surface area contributed by atoms with Gasteiger partial charge in [-0.05, 0) is 64.0 Å². The first-order chi connectivity index (χ1) is 11.8. The van der Waals surface area contributed by atoms with Crippen molar-refractivity contribution in [1.29, 1.82) is 0 Å². The number of hydrogen-bond donors (Lipinski definition) is 2. The molecule has 1 aliphatic rings. The van der Waals surface area contributed by atoms with Gasteiger partial charge in [0.15, 0.2) is 0 Å². The summed E-state index contributed by atoms with van der Waals surface area (Å²) in [6.45, 7) is 6.40. The third kappa shape index (κ3) is 6.68. The summed E-state index contributed by atoms with van der Waals surface area (Å²) in [6.07, 6.45) is 6.60. The van der Waals surface area contributed by atoms with E-state index in [-0.39, 0.29) is 12.3 Å². The maximum absolute atomic E-state index is 12.1. The van der Waals surface area contributed by atoms with Crippen LogP contribution >= 0.6 is 0 Å². The Labute approximate surface area is 148 Å². The SMILES string of the molecule is CC(C)(C)OC(=O)NCCCNC(=O)Cc1nncc2c1CCCC2. The molecule has 1 aliphatic carbocycles. The number of alkyl carbamates (subject to hydrolysis) is 1. The molecule has 0 aromatic carbocycles. The van der Waals surface area contributed by atoms with Gasteiger partial charge in [-0.3, -0.25) is 4.79 Å². The summed E-state index contributed by atoms with van der Waals surface area (Å²) in [5.41, 5.74) is 2.71. The monoisotopic (exact) mass is 348 g/mol. The third-order valence-corrected chi connectivity index (χ3v) is 3.92. The molecule has 2 N–H and O–H groups in total. The summed E-state index contributed by atoms with van der Waals surface area (Å²) >= 11 is 0. The highest BCUT2D eigenvalue weighted by molar-refractivity contribution is 5.78. The number of fused-ring (bicyclic) bond motifs is 1. The number of nitrogens with one attached hydrogen (secondary N) is 2. The molecular formula is C18H28N4O3. The maximum atomic E-state index is 12.1. The van der Waals surface area contributed by atoms with Gasteiger partial charge in [0, 0.05) is 13.1 Å². The van der Waals surface area contributed by atoms with Crippen LogP contribution in [0.3, 0.4) is 0 Å². The topological polar surface area (TPSA) is 93.2 Å². The largest absolute Gasteiger partial charge is 0.444 e. The van der Waals surface area contributed by atoms with E-state index in [1.807, 2.05) is 27.0 Å². The quantitative estimate of drug-likeness (QED) is 0.766. The van der Waals surface area contributed by atoms with Crippen LogP contribution in [0.5, 0.6) is 0 Å². The van der Waals surface area contributed by atoms with Crippen LogP contribution in [0.1, 0.15) is 56.9 Å². The normalized spacial score (nSPS) is 13.7. The van der Waals surface area contributed by atoms with Crippen molar-refractivity contribution in [2.45, 2.75) is 64.9 Å². The molecular weight excluding hydrogens is 320 g/mol. The number of rotatable bonds is 6. The van der Waals surface area contributed by atoms with Gasteiger partial charge in [0.05, 0.1) is 18.3 Å². The number of hydrogen-bond acceptors (Lipinski definition) is 5. The predicted octanol–water partition coefficient (Wildman–Crippen LogP) is 1.93. The number of aryl methyl sites for hydroxylation is 1. The standard InChI is InChI=1S/C18H28N4O3/c1-18(2,3)25-17(24)20-10-6-9-19-16(23)11-15-14-8-5-4-7-13(14)12-21-22-15/h12H,4-11H2,1-3H3,(H,19,23)(H,20,24). The van der Waals surface area contributed by atoms with Gasteiger partial charge in [-0.25, -0.2) is 4.79 Å². The zero-order chi connectivity index (χ0) is 18.3. The van der Waals surface area contributed by atoms with Crippen LogP contribution in [0.2, 0.25) is 0 Å². The van der Waals surface area contributed by atoms with Gasteiger partial charge in [-0.2, -0.15) is 10.2 Å². The first-order valence-corrected chi connectivity index (χ1v) is 8.91. The van der Waals surface area contributed by atoms with E-state index in [4.69, 9.17) is 4.74 Å². The average Bonchev–Trinajstić information content (AvgIpc) is 2.53. The van der Waals surface area contributed by atoms with Crippen molar-refractivity contribution < 1.29 is 14.3 Å². The van der Waals surface area contributed by atoms with Gasteiger partial charge in [-0.1, -0.05) is 0 Å². The minimum Gasteiger partial charge on any atom is -0.444 e. The number of nitrogens with zero attached hydrogens (tertiary/aromatic N) is 2. The van der Waals surface area contributed by atoms with Gasteiger partial charge < -0.3 is 15.4 Å². The molecule has 1 aromatic heterocycles. The molecule has 1 aromatic rings. The van der Waals surface area contributed by atoms with Crippen LogP contribution in [0.4, 0.5) is 4.79 Å². The Hall–Kier alpha value is -2.18. The first-order valence-electron chi connectivity index (χ1n) is 8.91. The summed E-state index contributed by atoms with van der Waals surface area (Å²) in [4.78, 5) is 23.6. The molecule has 0 spiro atoms. The molecule has 0 fully saturated rings. The molecule has 1 heterocycles. The first kappa shape index (κ1) is 19.1. The molecule has 0 radical (unpaired) electrons. The van der Waals surface area contributed by atoms with Crippen LogP contribution in [-0.4, -0.2) is 40.9 Å². The van der Waals surface area contributed by atoms with E-state index in [2.05, 4.69) is 20.8 Å². The van der Waals surface area contributed by atoms with Crippen molar-refractivity contribution >= 4 is 12.0 Å². The minimum atomic E-state index is -0.506. The highest BCUT2D eigenvalue weighted by Gasteiger charge is 2.17. The smallest absolute Gasteiger partial charge is 0.407 e. The zero-order valence-electron chi connectivity index (χ0n) is 15.4. The van der Waals surface area contributed by atoms with E-state index in [9.17, 15) is 9.59 Å². The Balaban J connectivity index is 1.67. The zero-order valence-corrected chi connectivity index (χ0v) is 15.4. The number of amides is 2. The minimum absolute atomic E-state index is 0.0643. The molecule has 0 aliphatic heterocycles. The Kier molecular flexibility index (Phi) is 6.73. The van der Waals surface area contributed by atoms with E-state index in [1.165, 1.54) is 17.5 Å². The van der Waals surface area contributed by atoms with Gasteiger partial charge in [0.2, 0.25) is 5.91 Å². The lowest BCUT2D eigenvalue weighted by Gasteiger charge is -2.19. The average molecular weight is 348 g/mol. The Morgan fingerprint density at radius 1 is 1.16 bits per heavy atom. The van der Waals surface area contributed by atoms with Crippen molar-refractivity contribution in [3.05, 3.63) is 23.0 Å². The molecule has 7 heteroatoms. The molecule has 2 rings (SSSR count). The van der Waals surface area contributed by atoms with E-state index >= 15 is 0 Å². The Bertz CT molecular complexity index is 611.